The lowest BCUT2D eigenvalue weighted by molar-refractivity contribution is 0.577. The molecule has 0 spiro atoms. The van der Waals surface area contributed by atoms with Crippen LogP contribution in [0.1, 0.15) is 29.9 Å². The minimum atomic E-state index is 0.492. The summed E-state index contributed by atoms with van der Waals surface area (Å²) in [5.74, 6) is 2.36. The second-order valence-corrected chi connectivity index (χ2v) is 9.66. The quantitative estimate of drug-likeness (QED) is 0.247. The van der Waals surface area contributed by atoms with Gasteiger partial charge in [0.25, 0.3) is 0 Å². The fourth-order valence-corrected chi connectivity index (χ4v) is 5.32. The largest absolute Gasteiger partial charge is 0.461 e. The number of thiazole rings is 1. The lowest BCUT2D eigenvalue weighted by Gasteiger charge is -2.10. The van der Waals surface area contributed by atoms with E-state index < -0.39 is 0 Å². The monoisotopic (exact) mass is 486 g/mol. The molecule has 0 aliphatic heterocycles. The summed E-state index contributed by atoms with van der Waals surface area (Å²) in [5.41, 5.74) is 5.95. The highest BCUT2D eigenvalue weighted by Gasteiger charge is 2.23. The average molecular weight is 487 g/mol. The Balaban J connectivity index is 1.56. The molecule has 0 radical (unpaired) electrons. The number of rotatable bonds is 5. The van der Waals surface area contributed by atoms with Crippen LogP contribution < -0.4 is 0 Å². The van der Waals surface area contributed by atoms with Gasteiger partial charge in [-0.3, -0.25) is 0 Å². The van der Waals surface area contributed by atoms with E-state index in [-0.39, 0.29) is 0 Å². The molecule has 0 amide bonds. The highest BCUT2D eigenvalue weighted by Crippen LogP contribution is 2.41. The first-order valence-corrected chi connectivity index (χ1v) is 12.4. The normalized spacial score (nSPS) is 11.3. The number of para-hydroxylation sites is 1. The Hall–Kier alpha value is -4.42. The molecular weight excluding hydrogens is 464 g/mol. The molecule has 6 heteroatoms. The Kier molecular flexibility index (Phi) is 5.31. The molecule has 0 saturated heterocycles. The van der Waals surface area contributed by atoms with E-state index in [0.717, 1.165) is 54.2 Å². The third-order valence-corrected chi connectivity index (χ3v) is 7.11. The molecule has 6 rings (SSSR count). The van der Waals surface area contributed by atoms with E-state index in [4.69, 9.17) is 19.4 Å². The van der Waals surface area contributed by atoms with Crippen molar-refractivity contribution < 1.29 is 4.42 Å². The van der Waals surface area contributed by atoms with Crippen molar-refractivity contribution in [2.45, 2.75) is 13.8 Å². The van der Waals surface area contributed by atoms with Crippen LogP contribution in [0.25, 0.3) is 54.3 Å². The summed E-state index contributed by atoms with van der Waals surface area (Å²) >= 11 is 1.66. The molecule has 0 N–H and O–H groups in total. The van der Waals surface area contributed by atoms with Gasteiger partial charge in [-0.05, 0) is 37.6 Å². The summed E-state index contributed by atoms with van der Waals surface area (Å²) in [4.78, 5) is 19.1. The highest BCUT2D eigenvalue weighted by molar-refractivity contribution is 7.21. The predicted octanol–water partition coefficient (Wildman–Crippen LogP) is 7.96. The Bertz CT molecular complexity index is 1760. The molecule has 36 heavy (non-hydrogen) atoms. The standard InChI is InChI=1S/C30H22N4OS/c1-17(2)27-32-28(34-29(33-27)20-11-6-5-7-12-20)18(3)25-19(4)35-23-15-10-13-21(26(23)25)30-31-22-14-8-9-16-24(22)36-30/h5-16H,1,3H2,2,4H3. The van der Waals surface area contributed by atoms with Crippen LogP contribution in [-0.2, 0) is 0 Å². The maximum atomic E-state index is 6.20. The molecule has 0 aliphatic carbocycles. The Morgan fingerprint density at radius 2 is 1.56 bits per heavy atom. The average Bonchev–Trinajstić information content (AvgIpc) is 3.48. The van der Waals surface area contributed by atoms with Crippen LogP contribution in [-0.4, -0.2) is 19.9 Å². The van der Waals surface area contributed by atoms with Crippen molar-refractivity contribution >= 4 is 43.7 Å². The van der Waals surface area contributed by atoms with Crippen molar-refractivity contribution in [3.63, 3.8) is 0 Å². The number of benzene rings is 3. The van der Waals surface area contributed by atoms with Crippen molar-refractivity contribution in [3.8, 4) is 22.0 Å². The van der Waals surface area contributed by atoms with Crippen molar-refractivity contribution in [1.82, 2.24) is 19.9 Å². The minimum absolute atomic E-state index is 0.492. The van der Waals surface area contributed by atoms with Gasteiger partial charge in [0.15, 0.2) is 17.5 Å². The molecule has 6 aromatic rings. The zero-order valence-corrected chi connectivity index (χ0v) is 20.8. The van der Waals surface area contributed by atoms with Gasteiger partial charge in [0, 0.05) is 27.6 Å². The molecule has 0 aliphatic rings. The van der Waals surface area contributed by atoms with E-state index in [1.807, 2.05) is 74.5 Å². The van der Waals surface area contributed by atoms with Gasteiger partial charge in [-0.15, -0.1) is 11.3 Å². The number of allylic oxidation sites excluding steroid dienone is 1. The van der Waals surface area contributed by atoms with Crippen LogP contribution >= 0.6 is 11.3 Å². The smallest absolute Gasteiger partial charge is 0.164 e. The van der Waals surface area contributed by atoms with Gasteiger partial charge in [-0.25, -0.2) is 19.9 Å². The second-order valence-electron chi connectivity index (χ2n) is 8.63. The maximum absolute atomic E-state index is 6.20. The molecule has 5 nitrogen and oxygen atoms in total. The lowest BCUT2D eigenvalue weighted by atomic mass is 9.99. The van der Waals surface area contributed by atoms with E-state index in [0.29, 0.717) is 23.0 Å². The molecule has 0 fully saturated rings. The number of furan rings is 1. The van der Waals surface area contributed by atoms with Gasteiger partial charge in [-0.2, -0.15) is 0 Å². The molecule has 3 aromatic heterocycles. The van der Waals surface area contributed by atoms with Crippen LogP contribution in [0.4, 0.5) is 0 Å². The molecule has 3 aromatic carbocycles. The zero-order valence-electron chi connectivity index (χ0n) is 19.9. The number of hydrogen-bond donors (Lipinski definition) is 0. The highest BCUT2D eigenvalue weighted by atomic mass is 32.1. The number of hydrogen-bond acceptors (Lipinski definition) is 6. The number of fused-ring (bicyclic) bond motifs is 2. The van der Waals surface area contributed by atoms with Gasteiger partial charge >= 0.3 is 0 Å². The van der Waals surface area contributed by atoms with Crippen LogP contribution in [0.2, 0.25) is 0 Å². The number of aromatic nitrogens is 4. The third kappa shape index (κ3) is 3.72. The summed E-state index contributed by atoms with van der Waals surface area (Å²) in [5, 5.41) is 1.89. The minimum Gasteiger partial charge on any atom is -0.461 e. The van der Waals surface area contributed by atoms with Gasteiger partial charge in [-0.1, -0.05) is 67.8 Å². The third-order valence-electron chi connectivity index (χ3n) is 6.04. The van der Waals surface area contributed by atoms with Crippen LogP contribution in [0, 0.1) is 6.92 Å². The summed E-state index contributed by atoms with van der Waals surface area (Å²) < 4.78 is 7.34. The molecule has 174 valence electrons. The fraction of sp³-hybridized carbons (Fsp3) is 0.0667. The Labute approximate surface area is 212 Å². The SMILES string of the molecule is C=C(C)c1nc(C(=C)c2c(C)oc3cccc(-c4nc5ccccc5s4)c23)nc(-c2ccccc2)n1. The number of aryl methyl sites for hydroxylation is 1. The molecule has 0 atom stereocenters. The molecule has 3 heterocycles. The second kappa shape index (κ2) is 8.66. The first-order chi connectivity index (χ1) is 17.5. The van der Waals surface area contributed by atoms with E-state index in [2.05, 4.69) is 30.3 Å². The van der Waals surface area contributed by atoms with Crippen molar-refractivity contribution in [1.29, 1.82) is 0 Å². The lowest BCUT2D eigenvalue weighted by Crippen LogP contribution is -2.04. The van der Waals surface area contributed by atoms with E-state index in [9.17, 15) is 0 Å². The molecule has 0 unspecified atom stereocenters. The Morgan fingerprint density at radius 1 is 0.806 bits per heavy atom. The summed E-state index contributed by atoms with van der Waals surface area (Å²) in [6.45, 7) is 12.3. The first-order valence-electron chi connectivity index (χ1n) is 11.5. The van der Waals surface area contributed by atoms with Gasteiger partial charge in [0.1, 0.15) is 16.4 Å². The van der Waals surface area contributed by atoms with Crippen molar-refractivity contribution in [2.24, 2.45) is 0 Å². The summed E-state index contributed by atoms with van der Waals surface area (Å²) in [7, 11) is 0. The van der Waals surface area contributed by atoms with E-state index in [1.54, 1.807) is 11.3 Å². The van der Waals surface area contributed by atoms with E-state index in [1.165, 1.54) is 0 Å². The summed E-state index contributed by atoms with van der Waals surface area (Å²) in [6.07, 6.45) is 0. The van der Waals surface area contributed by atoms with Gasteiger partial charge in [0.2, 0.25) is 0 Å². The molecule has 0 saturated carbocycles. The van der Waals surface area contributed by atoms with Crippen LogP contribution in [0.15, 0.2) is 90.4 Å². The van der Waals surface area contributed by atoms with Crippen LogP contribution in [0.5, 0.6) is 0 Å². The first kappa shape index (κ1) is 22.1. The van der Waals surface area contributed by atoms with Gasteiger partial charge < -0.3 is 4.42 Å². The predicted molar refractivity (Wildman–Crippen MR) is 148 cm³/mol. The number of nitrogens with zero attached hydrogens (tertiary/aromatic N) is 4. The fourth-order valence-electron chi connectivity index (χ4n) is 4.32. The van der Waals surface area contributed by atoms with Gasteiger partial charge in [0.05, 0.1) is 10.2 Å². The van der Waals surface area contributed by atoms with Crippen LogP contribution in [0.3, 0.4) is 0 Å². The zero-order chi connectivity index (χ0) is 24.8. The molecular formula is C30H22N4OS. The molecule has 0 bridgehead atoms. The van der Waals surface area contributed by atoms with Crippen molar-refractivity contribution in [3.05, 3.63) is 109 Å². The topological polar surface area (TPSA) is 64.7 Å². The summed E-state index contributed by atoms with van der Waals surface area (Å²) in [6, 6.07) is 24.1. The Morgan fingerprint density at radius 3 is 2.33 bits per heavy atom. The van der Waals surface area contributed by atoms with Crippen molar-refractivity contribution in [2.75, 3.05) is 0 Å². The maximum Gasteiger partial charge on any atom is 0.164 e. The van der Waals surface area contributed by atoms with E-state index >= 15 is 0 Å².